The molecule has 1 aliphatic rings. The number of alkyl halides is 3. The summed E-state index contributed by atoms with van der Waals surface area (Å²) in [7, 11) is 1.31. The first-order valence-electron chi connectivity index (χ1n) is 12.5. The summed E-state index contributed by atoms with van der Waals surface area (Å²) in [5, 5.41) is 22.7. The van der Waals surface area contributed by atoms with Crippen LogP contribution in [0.3, 0.4) is 0 Å². The lowest BCUT2D eigenvalue weighted by molar-refractivity contribution is -0.265. The predicted octanol–water partition coefficient (Wildman–Crippen LogP) is 3.45. The van der Waals surface area contributed by atoms with Crippen LogP contribution in [-0.2, 0) is 12.0 Å². The molecule has 41 heavy (non-hydrogen) atoms. The van der Waals surface area contributed by atoms with Crippen LogP contribution in [-0.4, -0.2) is 59.4 Å². The molecule has 0 aliphatic carbocycles. The van der Waals surface area contributed by atoms with Crippen LogP contribution in [0.1, 0.15) is 35.5 Å². The molecule has 2 unspecified atom stereocenters. The topological polar surface area (TPSA) is 136 Å². The number of ether oxygens (including phenoxy) is 3. The first-order chi connectivity index (χ1) is 19.1. The van der Waals surface area contributed by atoms with E-state index in [1.165, 1.54) is 57.4 Å². The van der Waals surface area contributed by atoms with Crippen LogP contribution in [0.15, 0.2) is 48.5 Å². The van der Waals surface area contributed by atoms with E-state index >= 15 is 0 Å². The number of carbonyl (C=O) groups excluding carboxylic acids is 1. The molecule has 3 atom stereocenters. The highest BCUT2D eigenvalue weighted by molar-refractivity contribution is 5.95. The van der Waals surface area contributed by atoms with Crippen molar-refractivity contribution in [2.75, 3.05) is 20.3 Å². The SMILES string of the molecule is COc1cc(C(=O)NCC(O)(c2nc(-c3ccc(F)cc3)cc3c2OC(C)(N)C3)C(F)(F)F)ccc1OC[C@@H](C)O. The smallest absolute Gasteiger partial charge is 0.424 e. The molecule has 0 radical (unpaired) electrons. The number of methoxy groups -OCH3 is 1. The molecule has 5 N–H and O–H groups in total. The Labute approximate surface area is 232 Å². The minimum absolute atomic E-state index is 0.00954. The molecule has 0 saturated carbocycles. The van der Waals surface area contributed by atoms with E-state index in [9.17, 15) is 32.6 Å². The van der Waals surface area contributed by atoms with Gasteiger partial charge < -0.3 is 29.7 Å². The monoisotopic (exact) mass is 579 g/mol. The van der Waals surface area contributed by atoms with E-state index < -0.39 is 47.6 Å². The highest BCUT2D eigenvalue weighted by Crippen LogP contribution is 2.47. The van der Waals surface area contributed by atoms with Gasteiger partial charge in [0.2, 0.25) is 5.60 Å². The van der Waals surface area contributed by atoms with Crippen molar-refractivity contribution in [3.63, 3.8) is 0 Å². The summed E-state index contributed by atoms with van der Waals surface area (Å²) in [6, 6.07) is 10.3. The number of aliphatic hydroxyl groups is 2. The van der Waals surface area contributed by atoms with E-state index in [-0.39, 0.29) is 47.1 Å². The van der Waals surface area contributed by atoms with Crippen molar-refractivity contribution in [2.24, 2.45) is 5.73 Å². The second-order valence-electron chi connectivity index (χ2n) is 10.0. The highest BCUT2D eigenvalue weighted by Gasteiger charge is 2.59. The first-order valence-corrected chi connectivity index (χ1v) is 12.5. The van der Waals surface area contributed by atoms with Crippen LogP contribution in [0, 0.1) is 5.82 Å². The number of hydrogen-bond donors (Lipinski definition) is 4. The number of halogens is 4. The molecule has 0 bridgehead atoms. The molecule has 9 nitrogen and oxygen atoms in total. The number of aliphatic hydroxyl groups excluding tert-OH is 1. The zero-order chi connectivity index (χ0) is 30.2. The van der Waals surface area contributed by atoms with Crippen molar-refractivity contribution in [1.82, 2.24) is 10.3 Å². The molecule has 0 spiro atoms. The van der Waals surface area contributed by atoms with Crippen molar-refractivity contribution < 1.29 is 46.8 Å². The molecule has 1 aliphatic heterocycles. The quantitative estimate of drug-likeness (QED) is 0.283. The number of hydrogen-bond acceptors (Lipinski definition) is 8. The normalized spacial score (nSPS) is 18.6. The van der Waals surface area contributed by atoms with Crippen molar-refractivity contribution in [3.05, 3.63) is 71.2 Å². The van der Waals surface area contributed by atoms with E-state index in [1.54, 1.807) is 0 Å². The summed E-state index contributed by atoms with van der Waals surface area (Å²) < 4.78 is 73.4. The first kappa shape index (κ1) is 30.0. The summed E-state index contributed by atoms with van der Waals surface area (Å²) in [4.78, 5) is 17.0. The van der Waals surface area contributed by atoms with Gasteiger partial charge in [0.1, 0.15) is 23.9 Å². The number of pyridine rings is 1. The van der Waals surface area contributed by atoms with Gasteiger partial charge in [0.05, 0.1) is 25.5 Å². The lowest BCUT2D eigenvalue weighted by Crippen LogP contribution is -2.52. The zero-order valence-electron chi connectivity index (χ0n) is 22.4. The summed E-state index contributed by atoms with van der Waals surface area (Å²) in [6.45, 7) is 1.59. The molecular weight excluding hydrogens is 550 g/mol. The van der Waals surface area contributed by atoms with E-state index in [1.807, 2.05) is 0 Å². The van der Waals surface area contributed by atoms with Crippen LogP contribution in [0.2, 0.25) is 0 Å². The molecule has 0 saturated heterocycles. The van der Waals surface area contributed by atoms with Gasteiger partial charge in [0, 0.05) is 23.1 Å². The Morgan fingerprint density at radius 2 is 1.88 bits per heavy atom. The van der Waals surface area contributed by atoms with Crippen molar-refractivity contribution in [2.45, 2.75) is 43.9 Å². The van der Waals surface area contributed by atoms with Gasteiger partial charge in [-0.3, -0.25) is 10.5 Å². The number of amides is 1. The van der Waals surface area contributed by atoms with Gasteiger partial charge in [0.25, 0.3) is 5.91 Å². The van der Waals surface area contributed by atoms with Gasteiger partial charge in [-0.05, 0) is 62.4 Å². The molecule has 1 aromatic heterocycles. The Balaban J connectivity index is 1.70. The summed E-state index contributed by atoms with van der Waals surface area (Å²) >= 11 is 0. The number of rotatable bonds is 9. The molecule has 2 aromatic carbocycles. The van der Waals surface area contributed by atoms with Gasteiger partial charge >= 0.3 is 6.18 Å². The molecular formula is C28H29F4N3O6. The van der Waals surface area contributed by atoms with Crippen LogP contribution in [0.25, 0.3) is 11.3 Å². The van der Waals surface area contributed by atoms with Crippen LogP contribution in [0.4, 0.5) is 17.6 Å². The predicted molar refractivity (Wildman–Crippen MR) is 139 cm³/mol. The lowest BCUT2D eigenvalue weighted by atomic mass is 9.93. The number of fused-ring (bicyclic) bond motifs is 1. The maximum atomic E-state index is 14.6. The average Bonchev–Trinajstić information content (AvgIpc) is 3.23. The third-order valence-corrected chi connectivity index (χ3v) is 6.34. The molecule has 4 rings (SSSR count). The van der Waals surface area contributed by atoms with Crippen molar-refractivity contribution in [3.8, 4) is 28.5 Å². The standard InChI is InChI=1S/C28H29F4N3O6/c1-15(36)13-40-21-9-6-17(11-22(21)39-3)25(37)34-14-27(38,28(30,31)32)24-23-18(12-26(2,33)41-23)10-20(35-24)16-4-7-19(29)8-5-16/h4-11,15,36,38H,12-14,33H2,1-3H3,(H,34,37)/t15-,26?,27?/m1/s1. The van der Waals surface area contributed by atoms with Crippen LogP contribution in [0.5, 0.6) is 17.2 Å². The third kappa shape index (κ3) is 6.37. The molecule has 2 heterocycles. The Bertz CT molecular complexity index is 1430. The fourth-order valence-corrected chi connectivity index (χ4v) is 4.29. The van der Waals surface area contributed by atoms with E-state index in [2.05, 4.69) is 10.3 Å². The Kier molecular flexibility index (Phi) is 8.16. The number of benzene rings is 2. The number of nitrogens with zero attached hydrogens (tertiary/aromatic N) is 1. The van der Waals surface area contributed by atoms with Gasteiger partial charge in [-0.25, -0.2) is 9.37 Å². The number of aromatic nitrogens is 1. The fraction of sp³-hybridized carbons (Fsp3) is 0.357. The summed E-state index contributed by atoms with van der Waals surface area (Å²) in [5.41, 5.74) is 0.570. The van der Waals surface area contributed by atoms with Gasteiger partial charge in [-0.1, -0.05) is 0 Å². The molecule has 220 valence electrons. The molecule has 3 aromatic rings. The Morgan fingerprint density at radius 1 is 1.20 bits per heavy atom. The van der Waals surface area contributed by atoms with Gasteiger partial charge in [-0.2, -0.15) is 13.2 Å². The Hall–Kier alpha value is -3.94. The second kappa shape index (κ2) is 11.1. The number of nitrogens with one attached hydrogen (secondary N) is 1. The highest BCUT2D eigenvalue weighted by atomic mass is 19.4. The second-order valence-corrected chi connectivity index (χ2v) is 10.0. The molecule has 13 heteroatoms. The minimum atomic E-state index is -5.32. The van der Waals surface area contributed by atoms with Gasteiger partial charge in [0.15, 0.2) is 17.2 Å². The lowest BCUT2D eigenvalue weighted by Gasteiger charge is -2.32. The Morgan fingerprint density at radius 3 is 2.49 bits per heavy atom. The van der Waals surface area contributed by atoms with E-state index in [4.69, 9.17) is 19.9 Å². The van der Waals surface area contributed by atoms with Gasteiger partial charge in [-0.15, -0.1) is 0 Å². The van der Waals surface area contributed by atoms with Crippen LogP contribution >= 0.6 is 0 Å². The third-order valence-electron chi connectivity index (χ3n) is 6.34. The summed E-state index contributed by atoms with van der Waals surface area (Å²) in [6.07, 6.45) is -6.09. The zero-order valence-corrected chi connectivity index (χ0v) is 22.4. The maximum absolute atomic E-state index is 14.6. The average molecular weight is 580 g/mol. The van der Waals surface area contributed by atoms with Crippen molar-refractivity contribution >= 4 is 5.91 Å². The van der Waals surface area contributed by atoms with Crippen LogP contribution < -0.4 is 25.3 Å². The van der Waals surface area contributed by atoms with E-state index in [0.717, 1.165) is 12.1 Å². The number of nitrogens with two attached hydrogens (primary N) is 1. The van der Waals surface area contributed by atoms with E-state index in [0.29, 0.717) is 5.56 Å². The maximum Gasteiger partial charge on any atom is 0.424 e. The minimum Gasteiger partial charge on any atom is -0.493 e. The number of carbonyl (C=O) groups is 1. The largest absolute Gasteiger partial charge is 0.493 e. The fourth-order valence-electron chi connectivity index (χ4n) is 4.29. The van der Waals surface area contributed by atoms with Crippen molar-refractivity contribution in [1.29, 1.82) is 0 Å². The molecule has 1 amide bonds. The summed E-state index contributed by atoms with van der Waals surface area (Å²) in [5.74, 6) is -1.55. The molecule has 0 fully saturated rings.